The van der Waals surface area contributed by atoms with E-state index in [0.29, 0.717) is 11.6 Å². The Morgan fingerprint density at radius 1 is 1.00 bits per heavy atom. The molecule has 0 unspecified atom stereocenters. The normalized spacial score (nSPS) is 10.5. The summed E-state index contributed by atoms with van der Waals surface area (Å²) < 4.78 is 0. The van der Waals surface area contributed by atoms with E-state index in [9.17, 15) is 4.79 Å². The highest BCUT2D eigenvalue weighted by Crippen LogP contribution is 2.14. The van der Waals surface area contributed by atoms with Crippen LogP contribution in [0.3, 0.4) is 0 Å². The van der Waals surface area contributed by atoms with Gasteiger partial charge in [-0.05, 0) is 37.0 Å². The SMILES string of the molecule is O=c1cc(-c2ccncc2)nc(NCCCCc2ccccc2)[nH]1. The molecule has 2 aromatic heterocycles. The average Bonchev–Trinajstić information content (AvgIpc) is 2.63. The van der Waals surface area contributed by atoms with E-state index in [1.165, 1.54) is 11.6 Å². The summed E-state index contributed by atoms with van der Waals surface area (Å²) in [4.78, 5) is 23.0. The predicted octanol–water partition coefficient (Wildman–Crippen LogP) is 3.27. The van der Waals surface area contributed by atoms with Crippen LogP contribution in [0.4, 0.5) is 5.95 Å². The Hall–Kier alpha value is -2.95. The topological polar surface area (TPSA) is 70.7 Å². The maximum Gasteiger partial charge on any atom is 0.252 e. The van der Waals surface area contributed by atoms with E-state index >= 15 is 0 Å². The number of unbranched alkanes of at least 4 members (excludes halogenated alkanes) is 1. The highest BCUT2D eigenvalue weighted by Gasteiger charge is 2.03. The average molecular weight is 320 g/mol. The molecule has 0 aliphatic rings. The number of hydrogen-bond donors (Lipinski definition) is 2. The van der Waals surface area contributed by atoms with Crippen molar-refractivity contribution in [3.05, 3.63) is 76.8 Å². The van der Waals surface area contributed by atoms with Gasteiger partial charge in [0.25, 0.3) is 5.56 Å². The molecule has 0 radical (unpaired) electrons. The molecule has 2 N–H and O–H groups in total. The Kier molecular flexibility index (Phi) is 5.35. The second kappa shape index (κ2) is 8.06. The second-order valence-electron chi connectivity index (χ2n) is 5.58. The molecule has 24 heavy (non-hydrogen) atoms. The molecule has 0 spiro atoms. The third-order valence-electron chi connectivity index (χ3n) is 3.75. The molecule has 0 saturated heterocycles. The number of rotatable bonds is 7. The van der Waals surface area contributed by atoms with E-state index < -0.39 is 0 Å². The van der Waals surface area contributed by atoms with Gasteiger partial charge in [0.1, 0.15) is 0 Å². The lowest BCUT2D eigenvalue weighted by atomic mass is 10.1. The van der Waals surface area contributed by atoms with E-state index in [1.54, 1.807) is 12.4 Å². The van der Waals surface area contributed by atoms with Crippen LogP contribution in [0, 0.1) is 0 Å². The number of nitrogens with one attached hydrogen (secondary N) is 2. The number of aromatic amines is 1. The Morgan fingerprint density at radius 2 is 1.79 bits per heavy atom. The maximum atomic E-state index is 11.8. The van der Waals surface area contributed by atoms with Crippen LogP contribution in [0.5, 0.6) is 0 Å². The Balaban J connectivity index is 1.54. The smallest absolute Gasteiger partial charge is 0.252 e. The van der Waals surface area contributed by atoms with Crippen LogP contribution in [-0.4, -0.2) is 21.5 Å². The van der Waals surface area contributed by atoms with Gasteiger partial charge in [0.15, 0.2) is 0 Å². The zero-order valence-electron chi connectivity index (χ0n) is 13.4. The zero-order chi connectivity index (χ0) is 16.6. The summed E-state index contributed by atoms with van der Waals surface area (Å²) in [6.07, 6.45) is 6.54. The molecular weight excluding hydrogens is 300 g/mol. The molecule has 0 fully saturated rings. The van der Waals surface area contributed by atoms with Crippen molar-refractivity contribution in [3.8, 4) is 11.3 Å². The molecule has 0 aliphatic carbocycles. The van der Waals surface area contributed by atoms with E-state index in [-0.39, 0.29) is 5.56 Å². The molecule has 3 aromatic rings. The molecule has 3 rings (SSSR count). The lowest BCUT2D eigenvalue weighted by molar-refractivity contribution is 0.759. The third kappa shape index (κ3) is 4.52. The highest BCUT2D eigenvalue weighted by molar-refractivity contribution is 5.58. The third-order valence-corrected chi connectivity index (χ3v) is 3.75. The lowest BCUT2D eigenvalue weighted by Gasteiger charge is -2.07. The predicted molar refractivity (Wildman–Crippen MR) is 96.0 cm³/mol. The summed E-state index contributed by atoms with van der Waals surface area (Å²) in [6, 6.07) is 15.6. The van der Waals surface area contributed by atoms with Crippen molar-refractivity contribution in [1.29, 1.82) is 0 Å². The van der Waals surface area contributed by atoms with Crippen LogP contribution < -0.4 is 10.9 Å². The molecule has 2 heterocycles. The molecule has 0 amide bonds. The number of aromatic nitrogens is 3. The fourth-order valence-electron chi connectivity index (χ4n) is 2.52. The number of hydrogen-bond acceptors (Lipinski definition) is 4. The number of H-pyrrole nitrogens is 1. The molecule has 5 heteroatoms. The number of benzene rings is 1. The quantitative estimate of drug-likeness (QED) is 0.656. The molecule has 5 nitrogen and oxygen atoms in total. The summed E-state index contributed by atoms with van der Waals surface area (Å²) in [5.74, 6) is 0.508. The summed E-state index contributed by atoms with van der Waals surface area (Å²) in [6.45, 7) is 0.773. The minimum absolute atomic E-state index is 0.163. The van der Waals surface area contributed by atoms with Crippen LogP contribution in [-0.2, 0) is 6.42 Å². The van der Waals surface area contributed by atoms with Crippen molar-refractivity contribution < 1.29 is 0 Å². The lowest BCUT2D eigenvalue weighted by Crippen LogP contribution is -2.13. The van der Waals surface area contributed by atoms with E-state index in [0.717, 1.165) is 31.4 Å². The maximum absolute atomic E-state index is 11.8. The highest BCUT2D eigenvalue weighted by atomic mass is 16.1. The van der Waals surface area contributed by atoms with Crippen molar-refractivity contribution in [2.75, 3.05) is 11.9 Å². The fraction of sp³-hybridized carbons (Fsp3) is 0.211. The first-order chi connectivity index (χ1) is 11.8. The molecule has 0 aliphatic heterocycles. The van der Waals surface area contributed by atoms with E-state index in [1.807, 2.05) is 18.2 Å². The van der Waals surface area contributed by atoms with Crippen molar-refractivity contribution >= 4 is 5.95 Å². The second-order valence-corrected chi connectivity index (χ2v) is 5.58. The molecule has 0 atom stereocenters. The van der Waals surface area contributed by atoms with Crippen molar-refractivity contribution in [3.63, 3.8) is 0 Å². The van der Waals surface area contributed by atoms with Crippen LogP contribution in [0.2, 0.25) is 0 Å². The van der Waals surface area contributed by atoms with Crippen LogP contribution in [0.25, 0.3) is 11.3 Å². The first-order valence-electron chi connectivity index (χ1n) is 8.11. The first-order valence-corrected chi connectivity index (χ1v) is 8.11. The number of aryl methyl sites for hydroxylation is 1. The number of nitrogens with zero attached hydrogens (tertiary/aromatic N) is 2. The van der Waals surface area contributed by atoms with Gasteiger partial charge in [-0.2, -0.15) is 0 Å². The number of pyridine rings is 1. The van der Waals surface area contributed by atoms with Gasteiger partial charge in [0.05, 0.1) is 5.69 Å². The van der Waals surface area contributed by atoms with Gasteiger partial charge < -0.3 is 5.32 Å². The molecule has 122 valence electrons. The zero-order valence-corrected chi connectivity index (χ0v) is 13.4. The minimum atomic E-state index is -0.163. The Bertz CT molecular complexity index is 816. The van der Waals surface area contributed by atoms with Crippen molar-refractivity contribution in [2.24, 2.45) is 0 Å². The largest absolute Gasteiger partial charge is 0.356 e. The van der Waals surface area contributed by atoms with Gasteiger partial charge in [-0.1, -0.05) is 30.3 Å². The fourth-order valence-corrected chi connectivity index (χ4v) is 2.52. The van der Waals surface area contributed by atoms with E-state index in [4.69, 9.17) is 0 Å². The number of anilines is 1. The van der Waals surface area contributed by atoms with Gasteiger partial charge in [0, 0.05) is 30.6 Å². The minimum Gasteiger partial charge on any atom is -0.356 e. The first kappa shape index (κ1) is 15.9. The molecular formula is C19H20N4O. The standard InChI is InChI=1S/C19H20N4O/c24-18-14-17(16-9-12-20-13-10-16)22-19(23-18)21-11-5-4-8-15-6-2-1-3-7-15/h1-3,6-7,9-10,12-14H,4-5,8,11H2,(H2,21,22,23,24). The molecule has 0 bridgehead atoms. The van der Waals surface area contributed by atoms with Crippen LogP contribution in [0.1, 0.15) is 18.4 Å². The van der Waals surface area contributed by atoms with Crippen molar-refractivity contribution in [2.45, 2.75) is 19.3 Å². The molecule has 0 saturated carbocycles. The van der Waals surface area contributed by atoms with Gasteiger partial charge in [0.2, 0.25) is 5.95 Å². The van der Waals surface area contributed by atoms with Crippen molar-refractivity contribution in [1.82, 2.24) is 15.0 Å². The van der Waals surface area contributed by atoms with Gasteiger partial charge in [-0.3, -0.25) is 14.8 Å². The summed E-state index contributed by atoms with van der Waals surface area (Å²) in [7, 11) is 0. The summed E-state index contributed by atoms with van der Waals surface area (Å²) in [5, 5.41) is 3.20. The monoisotopic (exact) mass is 320 g/mol. The van der Waals surface area contributed by atoms with Gasteiger partial charge >= 0.3 is 0 Å². The van der Waals surface area contributed by atoms with Crippen LogP contribution >= 0.6 is 0 Å². The Morgan fingerprint density at radius 3 is 2.58 bits per heavy atom. The van der Waals surface area contributed by atoms with E-state index in [2.05, 4.69) is 44.5 Å². The van der Waals surface area contributed by atoms with Gasteiger partial charge in [-0.15, -0.1) is 0 Å². The summed E-state index contributed by atoms with van der Waals surface area (Å²) >= 11 is 0. The molecule has 1 aromatic carbocycles. The van der Waals surface area contributed by atoms with Crippen LogP contribution in [0.15, 0.2) is 65.7 Å². The summed E-state index contributed by atoms with van der Waals surface area (Å²) in [5.41, 5.74) is 2.71. The van der Waals surface area contributed by atoms with Gasteiger partial charge in [-0.25, -0.2) is 4.98 Å². The Labute approximate surface area is 140 Å².